The van der Waals surface area contributed by atoms with Crippen molar-refractivity contribution in [2.75, 3.05) is 11.4 Å². The molecule has 4 nitrogen and oxygen atoms in total. The Hall–Kier alpha value is -1.60. The summed E-state index contributed by atoms with van der Waals surface area (Å²) in [6.45, 7) is 3.02. The molecule has 1 aliphatic rings. The van der Waals surface area contributed by atoms with Gasteiger partial charge in [-0.2, -0.15) is 5.26 Å². The van der Waals surface area contributed by atoms with Gasteiger partial charge >= 0.3 is 0 Å². The molecular weight excluding hydrogens is 212 g/mol. The van der Waals surface area contributed by atoms with Crippen molar-refractivity contribution < 1.29 is 0 Å². The number of anilines is 1. The van der Waals surface area contributed by atoms with Gasteiger partial charge in [-0.05, 0) is 38.3 Å². The summed E-state index contributed by atoms with van der Waals surface area (Å²) in [6, 6.07) is 8.12. The summed E-state index contributed by atoms with van der Waals surface area (Å²) < 4.78 is 0. The van der Waals surface area contributed by atoms with Gasteiger partial charge in [-0.15, -0.1) is 0 Å². The normalized spacial score (nSPS) is 21.9. The number of nitriles is 1. The van der Waals surface area contributed by atoms with Crippen LogP contribution in [0.2, 0.25) is 0 Å². The maximum atomic E-state index is 8.88. The average molecular weight is 230 g/mol. The number of hydrogen-bond acceptors (Lipinski definition) is 4. The largest absolute Gasteiger partial charge is 0.352 e. The van der Waals surface area contributed by atoms with Crippen molar-refractivity contribution in [2.24, 2.45) is 5.73 Å². The van der Waals surface area contributed by atoms with Crippen LogP contribution < -0.4 is 10.6 Å². The van der Waals surface area contributed by atoms with E-state index in [4.69, 9.17) is 11.0 Å². The molecule has 2 heterocycles. The molecule has 0 aliphatic carbocycles. The van der Waals surface area contributed by atoms with Crippen molar-refractivity contribution in [2.45, 2.75) is 38.3 Å². The zero-order chi connectivity index (χ0) is 12.3. The smallest absolute Gasteiger partial charge is 0.142 e. The van der Waals surface area contributed by atoms with Crippen molar-refractivity contribution in [1.82, 2.24) is 4.98 Å². The van der Waals surface area contributed by atoms with Gasteiger partial charge in [0.1, 0.15) is 17.6 Å². The standard InChI is InChI=1S/C13H18N4/c1-10(15)12-6-2-3-8-17(12)13-7-4-5-11(9-14)16-13/h4-5,7,10,12H,2-3,6,8,15H2,1H3. The highest BCUT2D eigenvalue weighted by molar-refractivity contribution is 5.43. The molecular formula is C13H18N4. The van der Waals surface area contributed by atoms with Crippen molar-refractivity contribution in [1.29, 1.82) is 5.26 Å². The molecule has 4 heteroatoms. The predicted octanol–water partition coefficient (Wildman–Crippen LogP) is 1.66. The third-order valence-electron chi connectivity index (χ3n) is 3.30. The molecule has 1 aliphatic heterocycles. The lowest BCUT2D eigenvalue weighted by molar-refractivity contribution is 0.411. The third-order valence-corrected chi connectivity index (χ3v) is 3.30. The minimum Gasteiger partial charge on any atom is -0.352 e. The molecule has 1 saturated heterocycles. The average Bonchev–Trinajstić information content (AvgIpc) is 2.39. The summed E-state index contributed by atoms with van der Waals surface area (Å²) in [5.41, 5.74) is 6.50. The van der Waals surface area contributed by atoms with Gasteiger partial charge in [0, 0.05) is 18.6 Å². The Balaban J connectivity index is 2.26. The summed E-state index contributed by atoms with van der Waals surface area (Å²) in [7, 11) is 0. The minimum atomic E-state index is 0.128. The second-order valence-corrected chi connectivity index (χ2v) is 4.61. The highest BCUT2D eigenvalue weighted by Gasteiger charge is 2.26. The quantitative estimate of drug-likeness (QED) is 0.839. The molecule has 1 aromatic heterocycles. The Kier molecular flexibility index (Phi) is 3.60. The molecule has 0 spiro atoms. The Bertz CT molecular complexity index is 422. The van der Waals surface area contributed by atoms with Crippen LogP contribution in [-0.2, 0) is 0 Å². The minimum absolute atomic E-state index is 0.128. The second kappa shape index (κ2) is 5.15. The predicted molar refractivity (Wildman–Crippen MR) is 67.6 cm³/mol. The van der Waals surface area contributed by atoms with Crippen LogP contribution in [0.15, 0.2) is 18.2 Å². The van der Waals surface area contributed by atoms with Crippen molar-refractivity contribution in [3.05, 3.63) is 23.9 Å². The fourth-order valence-electron chi connectivity index (χ4n) is 2.43. The molecule has 90 valence electrons. The van der Waals surface area contributed by atoms with Gasteiger partial charge in [0.15, 0.2) is 0 Å². The van der Waals surface area contributed by atoms with Crippen LogP contribution in [0.25, 0.3) is 0 Å². The van der Waals surface area contributed by atoms with Crippen LogP contribution in [-0.4, -0.2) is 23.6 Å². The van der Waals surface area contributed by atoms with Crippen LogP contribution >= 0.6 is 0 Å². The summed E-state index contributed by atoms with van der Waals surface area (Å²) in [6.07, 6.45) is 3.50. The molecule has 2 unspecified atom stereocenters. The second-order valence-electron chi connectivity index (χ2n) is 4.61. The van der Waals surface area contributed by atoms with Gasteiger partial charge in [-0.1, -0.05) is 6.07 Å². The summed E-state index contributed by atoms with van der Waals surface area (Å²) in [5.74, 6) is 0.881. The Morgan fingerprint density at radius 2 is 2.35 bits per heavy atom. The van der Waals surface area contributed by atoms with E-state index >= 15 is 0 Å². The monoisotopic (exact) mass is 230 g/mol. The molecule has 0 saturated carbocycles. The fourth-order valence-corrected chi connectivity index (χ4v) is 2.43. The summed E-state index contributed by atoms with van der Waals surface area (Å²) in [4.78, 5) is 6.60. The van der Waals surface area contributed by atoms with Crippen molar-refractivity contribution >= 4 is 5.82 Å². The van der Waals surface area contributed by atoms with Crippen molar-refractivity contribution in [3.63, 3.8) is 0 Å². The van der Waals surface area contributed by atoms with E-state index < -0.39 is 0 Å². The molecule has 0 aromatic carbocycles. The molecule has 2 N–H and O–H groups in total. The van der Waals surface area contributed by atoms with E-state index in [1.807, 2.05) is 19.1 Å². The first kappa shape index (κ1) is 11.9. The Labute approximate surface area is 102 Å². The highest BCUT2D eigenvalue weighted by atomic mass is 15.2. The van der Waals surface area contributed by atoms with Gasteiger partial charge in [-0.3, -0.25) is 0 Å². The summed E-state index contributed by atoms with van der Waals surface area (Å²) >= 11 is 0. The molecule has 0 bridgehead atoms. The van der Waals surface area contributed by atoms with Gasteiger partial charge in [0.2, 0.25) is 0 Å². The zero-order valence-corrected chi connectivity index (χ0v) is 10.1. The molecule has 0 radical (unpaired) electrons. The third kappa shape index (κ3) is 2.56. The van der Waals surface area contributed by atoms with Crippen molar-refractivity contribution in [3.8, 4) is 6.07 Å². The fraction of sp³-hybridized carbons (Fsp3) is 0.538. The number of hydrogen-bond donors (Lipinski definition) is 1. The number of piperidine rings is 1. The van der Waals surface area contributed by atoms with Crippen LogP contribution in [0.3, 0.4) is 0 Å². The van der Waals surface area contributed by atoms with Crippen LogP contribution in [0.4, 0.5) is 5.82 Å². The van der Waals surface area contributed by atoms with Crippen LogP contribution in [0.5, 0.6) is 0 Å². The lowest BCUT2D eigenvalue weighted by Gasteiger charge is -2.38. The summed E-state index contributed by atoms with van der Waals surface area (Å²) in [5, 5.41) is 8.88. The maximum absolute atomic E-state index is 8.88. The first-order chi connectivity index (χ1) is 8.22. The number of nitrogens with two attached hydrogens (primary N) is 1. The lowest BCUT2D eigenvalue weighted by atomic mass is 9.97. The van der Waals surface area contributed by atoms with Gasteiger partial charge in [0.25, 0.3) is 0 Å². The number of aromatic nitrogens is 1. The van der Waals surface area contributed by atoms with Crippen LogP contribution in [0, 0.1) is 11.3 Å². The molecule has 2 atom stereocenters. The zero-order valence-electron chi connectivity index (χ0n) is 10.1. The Morgan fingerprint density at radius 1 is 1.53 bits per heavy atom. The Morgan fingerprint density at radius 3 is 3.06 bits per heavy atom. The van der Waals surface area contributed by atoms with E-state index in [9.17, 15) is 0 Å². The number of nitrogens with zero attached hydrogens (tertiary/aromatic N) is 3. The number of rotatable bonds is 2. The van der Waals surface area contributed by atoms with Gasteiger partial charge < -0.3 is 10.6 Å². The van der Waals surface area contributed by atoms with E-state index in [1.54, 1.807) is 6.07 Å². The molecule has 1 fully saturated rings. The number of pyridine rings is 1. The first-order valence-corrected chi connectivity index (χ1v) is 6.12. The van der Waals surface area contributed by atoms with Gasteiger partial charge in [0.05, 0.1) is 0 Å². The lowest BCUT2D eigenvalue weighted by Crippen LogP contribution is -2.49. The van der Waals surface area contributed by atoms with E-state index in [1.165, 1.54) is 12.8 Å². The molecule has 2 rings (SSSR count). The molecule has 1 aromatic rings. The maximum Gasteiger partial charge on any atom is 0.142 e. The van der Waals surface area contributed by atoms with E-state index in [-0.39, 0.29) is 6.04 Å². The van der Waals surface area contributed by atoms with E-state index in [0.717, 1.165) is 18.8 Å². The van der Waals surface area contributed by atoms with E-state index in [0.29, 0.717) is 11.7 Å². The highest BCUT2D eigenvalue weighted by Crippen LogP contribution is 2.24. The SMILES string of the molecule is CC(N)C1CCCCN1c1cccc(C#N)n1. The first-order valence-electron chi connectivity index (χ1n) is 6.12. The van der Waals surface area contributed by atoms with Gasteiger partial charge in [-0.25, -0.2) is 4.98 Å². The van der Waals surface area contributed by atoms with E-state index in [2.05, 4.69) is 16.0 Å². The topological polar surface area (TPSA) is 65.9 Å². The molecule has 0 amide bonds. The van der Waals surface area contributed by atoms with Crippen LogP contribution in [0.1, 0.15) is 31.9 Å². The molecule has 17 heavy (non-hydrogen) atoms.